The van der Waals surface area contributed by atoms with Crippen LogP contribution in [0.15, 0.2) is 0 Å². The quantitative estimate of drug-likeness (QED) is 0.747. The van der Waals surface area contributed by atoms with E-state index in [4.69, 9.17) is 5.11 Å². The van der Waals surface area contributed by atoms with Gasteiger partial charge in [0.05, 0.1) is 6.42 Å². The zero-order valence-electron chi connectivity index (χ0n) is 8.70. The Labute approximate surface area is 93.8 Å². The minimum absolute atomic E-state index is 0.0797. The van der Waals surface area contributed by atoms with Gasteiger partial charge in [-0.3, -0.25) is 9.59 Å². The molecule has 86 valence electrons. The highest BCUT2D eigenvalue weighted by Crippen LogP contribution is 2.24. The predicted molar refractivity (Wildman–Crippen MR) is 60.0 cm³/mol. The van der Waals surface area contributed by atoms with Gasteiger partial charge in [0.25, 0.3) is 0 Å². The number of thioether (sulfide) groups is 1. The van der Waals surface area contributed by atoms with Crippen molar-refractivity contribution < 1.29 is 14.7 Å². The Bertz CT molecular complexity index is 227. The molecule has 0 radical (unpaired) electrons. The molecule has 1 aliphatic rings. The summed E-state index contributed by atoms with van der Waals surface area (Å²) in [5.41, 5.74) is 0. The predicted octanol–water partition coefficient (Wildman–Crippen LogP) is 1.25. The van der Waals surface area contributed by atoms with Crippen molar-refractivity contribution in [3.05, 3.63) is 0 Å². The largest absolute Gasteiger partial charge is 0.481 e. The molecule has 0 aromatic rings. The van der Waals surface area contributed by atoms with E-state index in [1.807, 2.05) is 11.8 Å². The minimum Gasteiger partial charge on any atom is -0.481 e. The number of hydrogen-bond acceptors (Lipinski definition) is 3. The number of hydrogen-bond donors (Lipinski definition) is 2. The van der Waals surface area contributed by atoms with Crippen molar-refractivity contribution >= 4 is 23.6 Å². The lowest BCUT2D eigenvalue weighted by Gasteiger charge is -2.21. The van der Waals surface area contributed by atoms with Crippen molar-refractivity contribution in [1.82, 2.24) is 5.32 Å². The maximum atomic E-state index is 11.2. The van der Waals surface area contributed by atoms with Crippen molar-refractivity contribution in [2.24, 2.45) is 0 Å². The number of nitrogens with one attached hydrogen (secondary N) is 1. The number of aliphatic carboxylic acids is 1. The molecule has 0 aromatic heterocycles. The summed E-state index contributed by atoms with van der Waals surface area (Å²) in [6.07, 6.45) is 3.68. The summed E-state index contributed by atoms with van der Waals surface area (Å²) in [5, 5.41) is 11.7. The van der Waals surface area contributed by atoms with Crippen molar-refractivity contribution in [3.63, 3.8) is 0 Å². The van der Waals surface area contributed by atoms with E-state index in [9.17, 15) is 9.59 Å². The maximum Gasteiger partial charge on any atom is 0.303 e. The van der Waals surface area contributed by atoms with E-state index in [0.717, 1.165) is 6.42 Å². The zero-order valence-corrected chi connectivity index (χ0v) is 9.52. The van der Waals surface area contributed by atoms with E-state index in [1.54, 1.807) is 0 Å². The van der Waals surface area contributed by atoms with Gasteiger partial charge in [-0.1, -0.05) is 6.42 Å². The van der Waals surface area contributed by atoms with E-state index >= 15 is 0 Å². The molecule has 2 N–H and O–H groups in total. The van der Waals surface area contributed by atoms with Gasteiger partial charge < -0.3 is 10.4 Å². The number of carbonyl (C=O) groups is 2. The molecule has 1 atom stereocenters. The summed E-state index contributed by atoms with van der Waals surface area (Å²) in [5.74, 6) is 0.108. The summed E-state index contributed by atoms with van der Waals surface area (Å²) < 4.78 is 0. The van der Waals surface area contributed by atoms with Crippen LogP contribution in [0.3, 0.4) is 0 Å². The molecule has 0 bridgehead atoms. The number of carboxylic acids is 1. The van der Waals surface area contributed by atoms with Gasteiger partial charge in [-0.25, -0.2) is 0 Å². The van der Waals surface area contributed by atoms with Crippen LogP contribution >= 0.6 is 11.8 Å². The fourth-order valence-corrected chi connectivity index (χ4v) is 2.74. The summed E-state index contributed by atoms with van der Waals surface area (Å²) >= 11 is 1.90. The van der Waals surface area contributed by atoms with E-state index < -0.39 is 5.97 Å². The number of amides is 1. The first-order chi connectivity index (χ1) is 7.18. The molecule has 5 heteroatoms. The van der Waals surface area contributed by atoms with Gasteiger partial charge in [-0.15, -0.1) is 0 Å². The van der Waals surface area contributed by atoms with Crippen LogP contribution in [0, 0.1) is 0 Å². The summed E-state index contributed by atoms with van der Waals surface area (Å²) in [6.45, 7) is 0.684. The smallest absolute Gasteiger partial charge is 0.303 e. The number of carbonyl (C=O) groups excluding carboxylic acids is 1. The third kappa shape index (κ3) is 5.67. The standard InChI is InChI=1S/C10H17NO3S/c12-9(4-5-10(13)14)11-7-8-3-1-2-6-15-8/h8H,1-7H2,(H,11,12)(H,13,14). The first kappa shape index (κ1) is 12.4. The molecule has 4 nitrogen and oxygen atoms in total. The molecule has 1 amide bonds. The summed E-state index contributed by atoms with van der Waals surface area (Å²) in [4.78, 5) is 21.4. The van der Waals surface area contributed by atoms with Crippen LogP contribution in [-0.4, -0.2) is 34.5 Å². The number of rotatable bonds is 5. The molecule has 0 aliphatic carbocycles. The van der Waals surface area contributed by atoms with Gasteiger partial charge in [-0.2, -0.15) is 11.8 Å². The topological polar surface area (TPSA) is 66.4 Å². The average molecular weight is 231 g/mol. The fraction of sp³-hybridized carbons (Fsp3) is 0.800. The van der Waals surface area contributed by atoms with Crippen molar-refractivity contribution in [2.75, 3.05) is 12.3 Å². The average Bonchev–Trinajstić information content (AvgIpc) is 2.25. The van der Waals surface area contributed by atoms with Gasteiger partial charge >= 0.3 is 5.97 Å². The first-order valence-corrected chi connectivity index (χ1v) is 6.33. The van der Waals surface area contributed by atoms with Gasteiger partial charge in [0.15, 0.2) is 0 Å². The third-order valence-electron chi connectivity index (χ3n) is 2.37. The molecular weight excluding hydrogens is 214 g/mol. The lowest BCUT2D eigenvalue weighted by Crippen LogP contribution is -2.32. The molecule has 1 rings (SSSR count). The second kappa shape index (κ2) is 6.71. The van der Waals surface area contributed by atoms with E-state index in [1.165, 1.54) is 18.6 Å². The first-order valence-electron chi connectivity index (χ1n) is 5.28. The lowest BCUT2D eigenvalue weighted by atomic mass is 10.2. The van der Waals surface area contributed by atoms with Crippen LogP contribution in [0.25, 0.3) is 0 Å². The Morgan fingerprint density at radius 1 is 1.33 bits per heavy atom. The highest BCUT2D eigenvalue weighted by molar-refractivity contribution is 7.99. The van der Waals surface area contributed by atoms with Gasteiger partial charge in [0.1, 0.15) is 0 Å². The Morgan fingerprint density at radius 2 is 2.13 bits per heavy atom. The van der Waals surface area contributed by atoms with E-state index in [0.29, 0.717) is 11.8 Å². The molecular formula is C10H17NO3S. The normalized spacial score (nSPS) is 20.9. The monoisotopic (exact) mass is 231 g/mol. The van der Waals surface area contributed by atoms with Crippen molar-refractivity contribution in [1.29, 1.82) is 0 Å². The van der Waals surface area contributed by atoms with E-state index in [-0.39, 0.29) is 18.7 Å². The van der Waals surface area contributed by atoms with Crippen LogP contribution in [0.4, 0.5) is 0 Å². The molecule has 0 aromatic carbocycles. The Morgan fingerprint density at radius 3 is 2.73 bits per heavy atom. The van der Waals surface area contributed by atoms with Crippen molar-refractivity contribution in [2.45, 2.75) is 37.4 Å². The van der Waals surface area contributed by atoms with Crippen LogP contribution in [-0.2, 0) is 9.59 Å². The molecule has 0 spiro atoms. The Kier molecular flexibility index (Phi) is 5.53. The van der Waals surface area contributed by atoms with Gasteiger partial charge in [-0.05, 0) is 18.6 Å². The molecule has 1 unspecified atom stereocenters. The fourth-order valence-electron chi connectivity index (χ4n) is 1.50. The van der Waals surface area contributed by atoms with Gasteiger partial charge in [0.2, 0.25) is 5.91 Å². The highest BCUT2D eigenvalue weighted by atomic mass is 32.2. The molecule has 15 heavy (non-hydrogen) atoms. The van der Waals surface area contributed by atoms with E-state index in [2.05, 4.69) is 5.32 Å². The van der Waals surface area contributed by atoms with Crippen LogP contribution in [0.2, 0.25) is 0 Å². The summed E-state index contributed by atoms with van der Waals surface area (Å²) in [7, 11) is 0. The molecule has 0 saturated carbocycles. The molecule has 1 saturated heterocycles. The SMILES string of the molecule is O=C(O)CCC(=O)NCC1CCCCS1. The molecule has 1 heterocycles. The Hall–Kier alpha value is -0.710. The minimum atomic E-state index is -0.919. The van der Waals surface area contributed by atoms with Crippen LogP contribution in [0.1, 0.15) is 32.1 Å². The zero-order chi connectivity index (χ0) is 11.1. The molecule has 1 aliphatic heterocycles. The second-order valence-corrected chi connectivity index (χ2v) is 5.09. The summed E-state index contributed by atoms with van der Waals surface area (Å²) in [6, 6.07) is 0. The van der Waals surface area contributed by atoms with Gasteiger partial charge in [0, 0.05) is 18.2 Å². The van der Waals surface area contributed by atoms with Crippen LogP contribution in [0.5, 0.6) is 0 Å². The van der Waals surface area contributed by atoms with Crippen LogP contribution < -0.4 is 5.32 Å². The third-order valence-corrected chi connectivity index (χ3v) is 3.76. The van der Waals surface area contributed by atoms with Crippen molar-refractivity contribution in [3.8, 4) is 0 Å². The lowest BCUT2D eigenvalue weighted by molar-refractivity contribution is -0.138. The Balaban J connectivity index is 2.07. The maximum absolute atomic E-state index is 11.2. The molecule has 1 fully saturated rings. The number of carboxylic acid groups (broad SMARTS) is 1. The second-order valence-electron chi connectivity index (χ2n) is 3.69. The highest BCUT2D eigenvalue weighted by Gasteiger charge is 2.14.